The highest BCUT2D eigenvalue weighted by Crippen LogP contribution is 2.48. The Kier molecular flexibility index (Phi) is 5.89. The van der Waals surface area contributed by atoms with Gasteiger partial charge in [0.2, 0.25) is 5.91 Å². The number of halogens is 1. The van der Waals surface area contributed by atoms with Crippen LogP contribution in [0.2, 0.25) is 0 Å². The molecule has 0 radical (unpaired) electrons. The highest BCUT2D eigenvalue weighted by atomic mass is 19.1. The number of nitrogens with one attached hydrogen (secondary N) is 2. The normalized spacial score (nSPS) is 21.4. The van der Waals surface area contributed by atoms with Crippen molar-refractivity contribution in [2.45, 2.75) is 39.2 Å². The van der Waals surface area contributed by atoms with Crippen LogP contribution in [0.1, 0.15) is 38.7 Å². The second-order valence-corrected chi connectivity index (χ2v) is 8.89. The molecule has 1 aromatic carbocycles. The number of hydrazine groups is 1. The average Bonchev–Trinajstić information content (AvgIpc) is 3.43. The Morgan fingerprint density at radius 1 is 1.29 bits per heavy atom. The number of amides is 1. The third-order valence-corrected chi connectivity index (χ3v) is 6.64. The molecule has 0 bridgehead atoms. The summed E-state index contributed by atoms with van der Waals surface area (Å²) in [6.45, 7) is 3.76. The molecular formula is C27H26FN5O. The quantitative estimate of drug-likeness (QED) is 0.682. The van der Waals surface area contributed by atoms with Crippen LogP contribution in [-0.4, -0.2) is 21.9 Å². The number of fused-ring (bicyclic) bond motifs is 1. The molecule has 34 heavy (non-hydrogen) atoms. The second kappa shape index (κ2) is 9.14. The van der Waals surface area contributed by atoms with Gasteiger partial charge in [-0.05, 0) is 61.1 Å². The number of rotatable bonds is 4. The zero-order valence-electron chi connectivity index (χ0n) is 19.2. The molecule has 1 aliphatic heterocycles. The topological polar surface area (TPSA) is 70.1 Å². The molecule has 1 unspecified atom stereocenters. The highest BCUT2D eigenvalue weighted by Gasteiger charge is 2.38. The van der Waals surface area contributed by atoms with Gasteiger partial charge in [-0.15, -0.1) is 0 Å². The van der Waals surface area contributed by atoms with Crippen LogP contribution in [-0.2, 0) is 4.79 Å². The number of nitrogens with zero attached hydrogens (tertiary/aromatic N) is 3. The SMILES string of the molecule is CC(=O)NC(C#Cc1cncnc1)C[C@H]1CCC2=C1[C@@H](C)C1=CNN(c3ccc(F)cc3)C1=C2. The maximum Gasteiger partial charge on any atom is 0.217 e. The average molecular weight is 456 g/mol. The van der Waals surface area contributed by atoms with E-state index in [2.05, 4.69) is 45.6 Å². The fourth-order valence-corrected chi connectivity index (χ4v) is 5.18. The Labute approximate surface area is 198 Å². The van der Waals surface area contributed by atoms with Crippen molar-refractivity contribution in [3.05, 3.63) is 89.1 Å². The molecule has 0 saturated heterocycles. The first-order valence-corrected chi connectivity index (χ1v) is 11.5. The minimum Gasteiger partial charge on any atom is -0.343 e. The Hall–Kier alpha value is -3.92. The monoisotopic (exact) mass is 455 g/mol. The molecule has 0 spiro atoms. The Morgan fingerprint density at radius 3 is 2.79 bits per heavy atom. The number of carbonyl (C=O) groups is 1. The van der Waals surface area contributed by atoms with Crippen LogP contribution >= 0.6 is 0 Å². The number of anilines is 1. The lowest BCUT2D eigenvalue weighted by molar-refractivity contribution is -0.119. The van der Waals surface area contributed by atoms with E-state index in [1.54, 1.807) is 24.5 Å². The molecule has 3 aliphatic rings. The van der Waals surface area contributed by atoms with Crippen molar-refractivity contribution in [2.24, 2.45) is 11.8 Å². The molecule has 6 nitrogen and oxygen atoms in total. The first-order valence-electron chi connectivity index (χ1n) is 11.5. The molecule has 3 atom stereocenters. The van der Waals surface area contributed by atoms with Crippen LogP contribution < -0.4 is 15.8 Å². The maximum absolute atomic E-state index is 13.4. The van der Waals surface area contributed by atoms with Gasteiger partial charge in [0, 0.05) is 37.0 Å². The molecule has 1 aromatic heterocycles. The third kappa shape index (κ3) is 4.32. The maximum atomic E-state index is 13.4. The number of allylic oxidation sites excluding steroid dienone is 4. The van der Waals surface area contributed by atoms with E-state index in [4.69, 9.17) is 0 Å². The molecule has 1 amide bonds. The van der Waals surface area contributed by atoms with Gasteiger partial charge >= 0.3 is 0 Å². The fraction of sp³-hybridized carbons (Fsp3) is 0.296. The van der Waals surface area contributed by atoms with Gasteiger partial charge in [0.05, 0.1) is 23.0 Å². The Bertz CT molecular complexity index is 1250. The summed E-state index contributed by atoms with van der Waals surface area (Å²) in [7, 11) is 0. The van der Waals surface area contributed by atoms with Gasteiger partial charge in [-0.1, -0.05) is 24.3 Å². The summed E-state index contributed by atoms with van der Waals surface area (Å²) in [5, 5.41) is 5.02. The largest absolute Gasteiger partial charge is 0.343 e. The zero-order chi connectivity index (χ0) is 23.7. The predicted octanol–water partition coefficient (Wildman–Crippen LogP) is 4.01. The van der Waals surface area contributed by atoms with E-state index in [1.165, 1.54) is 42.1 Å². The van der Waals surface area contributed by atoms with E-state index in [-0.39, 0.29) is 23.7 Å². The summed E-state index contributed by atoms with van der Waals surface area (Å²) in [6, 6.07) is 6.26. The van der Waals surface area contributed by atoms with E-state index in [0.717, 1.165) is 36.2 Å². The molecule has 2 heterocycles. The van der Waals surface area contributed by atoms with Crippen LogP contribution in [0.3, 0.4) is 0 Å². The van der Waals surface area contributed by atoms with Gasteiger partial charge in [-0.3, -0.25) is 9.80 Å². The number of hydrogen-bond acceptors (Lipinski definition) is 5. The second-order valence-electron chi connectivity index (χ2n) is 8.89. The lowest BCUT2D eigenvalue weighted by Gasteiger charge is -2.30. The molecule has 7 heteroatoms. The summed E-state index contributed by atoms with van der Waals surface area (Å²) in [5.41, 5.74) is 10.1. The zero-order valence-corrected chi connectivity index (χ0v) is 19.2. The predicted molar refractivity (Wildman–Crippen MR) is 128 cm³/mol. The van der Waals surface area contributed by atoms with Gasteiger partial charge in [-0.25, -0.2) is 14.4 Å². The molecule has 2 aromatic rings. The molecule has 0 fully saturated rings. The summed E-state index contributed by atoms with van der Waals surface area (Å²) >= 11 is 0. The van der Waals surface area contributed by atoms with Crippen LogP contribution in [0.25, 0.3) is 0 Å². The number of aromatic nitrogens is 2. The molecule has 172 valence electrons. The summed E-state index contributed by atoms with van der Waals surface area (Å²) in [5.74, 6) is 6.56. The molecule has 2 aliphatic carbocycles. The smallest absolute Gasteiger partial charge is 0.217 e. The summed E-state index contributed by atoms with van der Waals surface area (Å²) < 4.78 is 13.4. The lowest BCUT2D eigenvalue weighted by atomic mass is 9.78. The van der Waals surface area contributed by atoms with Crippen LogP contribution in [0.5, 0.6) is 0 Å². The van der Waals surface area contributed by atoms with Crippen molar-refractivity contribution in [2.75, 3.05) is 5.01 Å². The minimum atomic E-state index is -0.251. The standard InChI is InChI=1S/C27H26FN5O/c1-17-25-15-31-33(24-9-6-22(28)7-10-24)26(25)12-21-5-4-20(27(17)21)11-23(32-18(2)34)8-3-19-13-29-16-30-14-19/h6-7,9-10,12-17,20,23,31H,4-5,11H2,1-2H3,(H,32,34)/t17-,20+,23?/m0/s1. The Morgan fingerprint density at radius 2 is 2.06 bits per heavy atom. The van der Waals surface area contributed by atoms with Crippen LogP contribution in [0.15, 0.2) is 77.7 Å². The van der Waals surface area contributed by atoms with Gasteiger partial charge < -0.3 is 10.7 Å². The first kappa shape index (κ1) is 21.9. The van der Waals surface area contributed by atoms with Crippen molar-refractivity contribution in [3.8, 4) is 11.8 Å². The molecule has 5 rings (SSSR count). The van der Waals surface area contributed by atoms with Crippen molar-refractivity contribution in [1.29, 1.82) is 0 Å². The number of benzene rings is 1. The molecule has 0 saturated carbocycles. The summed E-state index contributed by atoms with van der Waals surface area (Å²) in [4.78, 5) is 19.9. The van der Waals surface area contributed by atoms with Gasteiger partial charge in [0.15, 0.2) is 0 Å². The molecular weight excluding hydrogens is 429 g/mol. The van der Waals surface area contributed by atoms with E-state index in [1.807, 2.05) is 11.2 Å². The van der Waals surface area contributed by atoms with Crippen molar-refractivity contribution in [1.82, 2.24) is 20.7 Å². The van der Waals surface area contributed by atoms with Gasteiger partial charge in [-0.2, -0.15) is 0 Å². The first-order chi connectivity index (χ1) is 16.5. The molecule has 2 N–H and O–H groups in total. The third-order valence-electron chi connectivity index (χ3n) is 6.64. The van der Waals surface area contributed by atoms with E-state index < -0.39 is 0 Å². The van der Waals surface area contributed by atoms with Gasteiger partial charge in [0.1, 0.15) is 12.1 Å². The van der Waals surface area contributed by atoms with E-state index in [9.17, 15) is 9.18 Å². The van der Waals surface area contributed by atoms with Crippen LogP contribution in [0, 0.1) is 29.5 Å². The van der Waals surface area contributed by atoms with Gasteiger partial charge in [0.25, 0.3) is 0 Å². The van der Waals surface area contributed by atoms with Crippen molar-refractivity contribution in [3.63, 3.8) is 0 Å². The van der Waals surface area contributed by atoms with Crippen molar-refractivity contribution < 1.29 is 9.18 Å². The van der Waals surface area contributed by atoms with Crippen LogP contribution in [0.4, 0.5) is 10.1 Å². The summed E-state index contributed by atoms with van der Waals surface area (Å²) in [6.07, 6.45) is 11.9. The van der Waals surface area contributed by atoms with Crippen molar-refractivity contribution >= 4 is 11.6 Å². The minimum absolute atomic E-state index is 0.0904. The lowest BCUT2D eigenvalue weighted by Crippen LogP contribution is -2.34. The Balaban J connectivity index is 1.39. The number of carbonyl (C=O) groups excluding carboxylic acids is 1. The van der Waals surface area contributed by atoms with E-state index >= 15 is 0 Å². The fourth-order valence-electron chi connectivity index (χ4n) is 5.18. The highest BCUT2D eigenvalue weighted by molar-refractivity contribution is 5.73. The van der Waals surface area contributed by atoms with E-state index in [0.29, 0.717) is 5.92 Å². The number of hydrogen-bond donors (Lipinski definition) is 2.